The molecule has 1 saturated heterocycles. The zero-order valence-corrected chi connectivity index (χ0v) is 23.4. The summed E-state index contributed by atoms with van der Waals surface area (Å²) in [6.45, 7) is 5.30. The molecule has 1 aromatic carbocycles. The van der Waals surface area contributed by atoms with Gasteiger partial charge in [-0.05, 0) is 57.7 Å². The number of nitrogens with one attached hydrogen (secondary N) is 1. The van der Waals surface area contributed by atoms with Gasteiger partial charge in [-0.25, -0.2) is 19.7 Å². The lowest BCUT2D eigenvalue weighted by atomic mass is 10.0. The molecule has 0 radical (unpaired) electrons. The molecule has 2 aliphatic heterocycles. The lowest BCUT2D eigenvalue weighted by Gasteiger charge is -2.45. The smallest absolute Gasteiger partial charge is 0.416 e. The molecular formula is C29H33F3N6O4. The third kappa shape index (κ3) is 7.08. The molecule has 2 N–H and O–H groups in total. The highest BCUT2D eigenvalue weighted by atomic mass is 19.4. The Morgan fingerprint density at radius 2 is 1.95 bits per heavy atom. The van der Waals surface area contributed by atoms with Crippen LogP contribution in [-0.2, 0) is 10.9 Å². The Hall–Kier alpha value is -3.97. The first-order valence-corrected chi connectivity index (χ1v) is 13.8. The van der Waals surface area contributed by atoms with Gasteiger partial charge in [0.2, 0.25) is 5.88 Å². The van der Waals surface area contributed by atoms with Crippen molar-refractivity contribution in [2.75, 3.05) is 41.4 Å². The number of unbranched alkanes of at least 4 members (excludes halogenated alkanes) is 1. The van der Waals surface area contributed by atoms with Crippen LogP contribution in [0.1, 0.15) is 45.1 Å². The van der Waals surface area contributed by atoms with E-state index in [1.165, 1.54) is 18.3 Å². The number of rotatable bonds is 9. The molecule has 13 heteroatoms. The minimum absolute atomic E-state index is 0.103. The third-order valence-corrected chi connectivity index (χ3v) is 6.98. The normalized spacial score (nSPS) is 16.7. The van der Waals surface area contributed by atoms with Gasteiger partial charge >= 0.3 is 12.2 Å². The Morgan fingerprint density at radius 3 is 2.74 bits per heavy atom. The fraction of sp³-hybridized carbons (Fsp3) is 0.448. The number of amides is 2. The molecular weight excluding hydrogens is 553 g/mol. The van der Waals surface area contributed by atoms with Crippen molar-refractivity contribution < 1.29 is 32.5 Å². The van der Waals surface area contributed by atoms with Gasteiger partial charge in [-0.2, -0.15) is 13.2 Å². The number of fused-ring (bicyclic) bond motifs is 4. The number of carbonyl (C=O) groups excluding carboxylic acids is 1. The number of urea groups is 1. The van der Waals surface area contributed by atoms with Crippen LogP contribution in [0.4, 0.5) is 35.2 Å². The van der Waals surface area contributed by atoms with Crippen molar-refractivity contribution >= 4 is 23.2 Å². The van der Waals surface area contributed by atoms with E-state index in [1.54, 1.807) is 37.1 Å². The molecule has 2 aromatic heterocycles. The van der Waals surface area contributed by atoms with Crippen LogP contribution in [0.15, 0.2) is 48.8 Å². The molecule has 3 aromatic rings. The molecule has 42 heavy (non-hydrogen) atoms. The van der Waals surface area contributed by atoms with Gasteiger partial charge in [-0.1, -0.05) is 12.1 Å². The number of anilines is 3. The van der Waals surface area contributed by atoms with Crippen LogP contribution in [0.2, 0.25) is 0 Å². The zero-order chi connectivity index (χ0) is 29.9. The van der Waals surface area contributed by atoms with Crippen LogP contribution in [0.5, 0.6) is 5.88 Å². The molecule has 5 rings (SSSR count). The van der Waals surface area contributed by atoms with E-state index in [2.05, 4.69) is 25.2 Å². The molecule has 224 valence electrons. The van der Waals surface area contributed by atoms with Crippen LogP contribution >= 0.6 is 0 Å². The highest BCUT2D eigenvalue weighted by molar-refractivity contribution is 6.04. The number of alkyl halides is 3. The molecule has 0 saturated carbocycles. The lowest BCUT2D eigenvalue weighted by molar-refractivity contribution is -0.176. The number of benzene rings is 1. The molecule has 2 bridgehead atoms. The summed E-state index contributed by atoms with van der Waals surface area (Å²) in [6, 6.07) is 7.52. The van der Waals surface area contributed by atoms with E-state index in [1.807, 2.05) is 0 Å². The second-order valence-corrected chi connectivity index (χ2v) is 10.8. The number of aromatic nitrogens is 3. The zero-order valence-electron chi connectivity index (χ0n) is 23.4. The molecule has 1 fully saturated rings. The second kappa shape index (κ2) is 12.1. The van der Waals surface area contributed by atoms with Crippen molar-refractivity contribution in [3.8, 4) is 17.3 Å². The summed E-state index contributed by atoms with van der Waals surface area (Å²) in [5.41, 5.74) is 0.544. The summed E-state index contributed by atoms with van der Waals surface area (Å²) >= 11 is 0. The van der Waals surface area contributed by atoms with E-state index < -0.39 is 23.6 Å². The summed E-state index contributed by atoms with van der Waals surface area (Å²) in [5.74, 6) is -0.379. The molecule has 0 unspecified atom stereocenters. The fourth-order valence-corrected chi connectivity index (χ4v) is 5.01. The SMILES string of the molecule is CC(C)(O)OCCCCOc1cc(NC(=O)N2c3nc(-c4cccc(C(F)(F)F)c4)ncc3N3CCC[C@H]2C3)ccn1. The van der Waals surface area contributed by atoms with Gasteiger partial charge in [0.25, 0.3) is 0 Å². The third-order valence-electron chi connectivity index (χ3n) is 6.98. The second-order valence-electron chi connectivity index (χ2n) is 10.8. The highest BCUT2D eigenvalue weighted by Crippen LogP contribution is 2.39. The number of piperidine rings is 1. The minimum Gasteiger partial charge on any atom is -0.478 e. The Kier molecular flexibility index (Phi) is 8.50. The first kappa shape index (κ1) is 29.5. The maximum absolute atomic E-state index is 13.7. The van der Waals surface area contributed by atoms with E-state index in [0.29, 0.717) is 55.7 Å². The number of carbonyl (C=O) groups is 1. The van der Waals surface area contributed by atoms with E-state index in [4.69, 9.17) is 9.47 Å². The van der Waals surface area contributed by atoms with Crippen LogP contribution in [-0.4, -0.2) is 64.2 Å². The van der Waals surface area contributed by atoms with E-state index in [-0.39, 0.29) is 17.4 Å². The van der Waals surface area contributed by atoms with Crippen molar-refractivity contribution in [3.63, 3.8) is 0 Å². The van der Waals surface area contributed by atoms with Gasteiger partial charge in [0.1, 0.15) is 0 Å². The fourth-order valence-electron chi connectivity index (χ4n) is 5.01. The van der Waals surface area contributed by atoms with E-state index >= 15 is 0 Å². The number of hydrogen-bond donors (Lipinski definition) is 2. The minimum atomic E-state index is -4.50. The summed E-state index contributed by atoms with van der Waals surface area (Å²) in [5, 5.41) is 12.5. The number of ether oxygens (including phenoxy) is 2. The van der Waals surface area contributed by atoms with Crippen LogP contribution in [0, 0.1) is 0 Å². The van der Waals surface area contributed by atoms with Crippen molar-refractivity contribution in [1.82, 2.24) is 15.0 Å². The van der Waals surface area contributed by atoms with Gasteiger partial charge in [-0.15, -0.1) is 0 Å². The Morgan fingerprint density at radius 1 is 1.14 bits per heavy atom. The largest absolute Gasteiger partial charge is 0.478 e. The van der Waals surface area contributed by atoms with Crippen LogP contribution < -0.4 is 19.9 Å². The Bertz CT molecular complexity index is 1410. The van der Waals surface area contributed by atoms with Gasteiger partial charge in [-0.3, -0.25) is 4.90 Å². The van der Waals surface area contributed by atoms with Gasteiger partial charge < -0.3 is 24.8 Å². The predicted octanol–water partition coefficient (Wildman–Crippen LogP) is 5.48. The quantitative estimate of drug-likeness (QED) is 0.250. The van der Waals surface area contributed by atoms with E-state index in [9.17, 15) is 23.1 Å². The summed E-state index contributed by atoms with van der Waals surface area (Å²) in [7, 11) is 0. The average molecular weight is 587 g/mol. The predicted molar refractivity (Wildman–Crippen MR) is 150 cm³/mol. The topological polar surface area (TPSA) is 113 Å². The first-order valence-electron chi connectivity index (χ1n) is 13.8. The van der Waals surface area contributed by atoms with E-state index in [0.717, 1.165) is 31.5 Å². The van der Waals surface area contributed by atoms with Crippen molar-refractivity contribution in [2.24, 2.45) is 0 Å². The molecule has 10 nitrogen and oxygen atoms in total. The van der Waals surface area contributed by atoms with Gasteiger partial charge in [0.15, 0.2) is 17.4 Å². The monoisotopic (exact) mass is 586 g/mol. The molecule has 1 atom stereocenters. The standard InChI is InChI=1S/C29H33F3N6O4/c1-28(2,40)42-14-4-3-13-41-24-16-21(10-11-33-24)35-27(39)38-22-9-6-12-37(18-22)23-17-34-25(36-26(23)38)19-7-5-8-20(15-19)29(30,31)32/h5,7-8,10-11,15-17,22,40H,3-4,6,9,12-14,18H2,1-2H3,(H,33,35,39)/t22-/m0/s1. The van der Waals surface area contributed by atoms with Gasteiger partial charge in [0, 0.05) is 36.6 Å². The summed E-state index contributed by atoms with van der Waals surface area (Å²) in [6.07, 6.45) is 1.61. The number of aliphatic hydroxyl groups is 1. The number of pyridine rings is 1. The number of hydrogen-bond acceptors (Lipinski definition) is 8. The van der Waals surface area contributed by atoms with Crippen LogP contribution in [0.3, 0.4) is 0 Å². The highest BCUT2D eigenvalue weighted by Gasteiger charge is 2.39. The Balaban J connectivity index is 1.32. The molecule has 2 aliphatic rings. The number of halogens is 3. The van der Waals surface area contributed by atoms with Crippen LogP contribution in [0.25, 0.3) is 11.4 Å². The van der Waals surface area contributed by atoms with Crippen molar-refractivity contribution in [2.45, 2.75) is 57.5 Å². The number of nitrogens with zero attached hydrogens (tertiary/aromatic N) is 5. The summed E-state index contributed by atoms with van der Waals surface area (Å²) < 4.78 is 51.0. The van der Waals surface area contributed by atoms with Gasteiger partial charge in [0.05, 0.1) is 36.7 Å². The average Bonchev–Trinajstić information content (AvgIpc) is 2.94. The molecule has 4 heterocycles. The summed E-state index contributed by atoms with van der Waals surface area (Å²) in [4.78, 5) is 30.5. The maximum Gasteiger partial charge on any atom is 0.416 e. The molecule has 2 amide bonds. The maximum atomic E-state index is 13.7. The molecule has 0 aliphatic carbocycles. The lowest BCUT2D eigenvalue weighted by Crippen LogP contribution is -2.56. The first-order chi connectivity index (χ1) is 20.0. The van der Waals surface area contributed by atoms with Crippen molar-refractivity contribution in [1.29, 1.82) is 0 Å². The Labute approximate surface area is 241 Å². The molecule has 0 spiro atoms. The van der Waals surface area contributed by atoms with Crippen molar-refractivity contribution in [3.05, 3.63) is 54.4 Å².